The Kier molecular flexibility index (Phi) is 5.84. The number of ether oxygens (including phenoxy) is 1. The lowest BCUT2D eigenvalue weighted by atomic mass is 10.1. The molecule has 0 fully saturated rings. The van der Waals surface area contributed by atoms with Gasteiger partial charge in [-0.05, 0) is 29.8 Å². The van der Waals surface area contributed by atoms with Crippen LogP contribution in [0.4, 0.5) is 8.78 Å². The molecule has 0 saturated carbocycles. The number of amides is 1. The number of benzene rings is 2. The topological polar surface area (TPSA) is 29.5 Å². The predicted octanol–water partition coefficient (Wildman–Crippen LogP) is 4.60. The molecule has 0 radical (unpaired) electrons. The van der Waals surface area contributed by atoms with E-state index in [1.807, 2.05) is 0 Å². The maximum atomic E-state index is 14.3. The first-order valence-electron chi connectivity index (χ1n) is 8.21. The van der Waals surface area contributed by atoms with Gasteiger partial charge in [-0.3, -0.25) is 4.79 Å². The lowest BCUT2D eigenvalue weighted by Crippen LogP contribution is -2.31. The molecule has 0 bridgehead atoms. The number of halogens is 2. The highest BCUT2D eigenvalue weighted by Gasteiger charge is 2.24. The van der Waals surface area contributed by atoms with Crippen molar-refractivity contribution in [1.29, 1.82) is 0 Å². The van der Waals surface area contributed by atoms with Crippen molar-refractivity contribution in [3.8, 4) is 12.3 Å². The normalized spacial score (nSPS) is 10.7. The molecule has 1 aromatic heterocycles. The van der Waals surface area contributed by atoms with Crippen molar-refractivity contribution < 1.29 is 18.3 Å². The number of thiophene rings is 1. The quantitative estimate of drug-likeness (QED) is 0.581. The molecule has 2 aromatic carbocycles. The zero-order chi connectivity index (χ0) is 19.4. The Morgan fingerprint density at radius 2 is 1.96 bits per heavy atom. The summed E-state index contributed by atoms with van der Waals surface area (Å²) in [5.74, 6) is 1.43. The van der Waals surface area contributed by atoms with Gasteiger partial charge < -0.3 is 9.64 Å². The maximum Gasteiger partial charge on any atom is 0.265 e. The Hall–Kier alpha value is -2.75. The van der Waals surface area contributed by atoms with Gasteiger partial charge in [-0.1, -0.05) is 24.1 Å². The van der Waals surface area contributed by atoms with Crippen molar-refractivity contribution in [3.63, 3.8) is 0 Å². The van der Waals surface area contributed by atoms with Crippen molar-refractivity contribution in [2.75, 3.05) is 13.7 Å². The summed E-state index contributed by atoms with van der Waals surface area (Å²) >= 11 is 1.21. The van der Waals surface area contributed by atoms with Crippen LogP contribution in [0.25, 0.3) is 10.1 Å². The standard InChI is InChI=1S/C21H17F2NO2S/c1-3-11-24(12-14-7-9-15(22)10-8-14)21(25)20-16(13-26-2)19-17(23)5-4-6-18(19)27-20/h1,4-10H,11-13H2,2H3. The third-order valence-electron chi connectivity index (χ3n) is 4.10. The van der Waals surface area contributed by atoms with E-state index in [-0.39, 0.29) is 31.4 Å². The number of hydrogen-bond acceptors (Lipinski definition) is 3. The van der Waals surface area contributed by atoms with Gasteiger partial charge in [-0.15, -0.1) is 17.8 Å². The van der Waals surface area contributed by atoms with Crippen LogP contribution in [0.15, 0.2) is 42.5 Å². The maximum absolute atomic E-state index is 14.3. The summed E-state index contributed by atoms with van der Waals surface area (Å²) in [4.78, 5) is 15.1. The van der Waals surface area contributed by atoms with E-state index < -0.39 is 5.82 Å². The van der Waals surface area contributed by atoms with Crippen LogP contribution in [0, 0.1) is 24.0 Å². The van der Waals surface area contributed by atoms with E-state index in [2.05, 4.69) is 5.92 Å². The van der Waals surface area contributed by atoms with E-state index >= 15 is 0 Å². The molecule has 0 N–H and O–H groups in total. The Balaban J connectivity index is 2.00. The lowest BCUT2D eigenvalue weighted by Gasteiger charge is -2.20. The minimum absolute atomic E-state index is 0.0827. The fraction of sp³-hybridized carbons (Fsp3) is 0.190. The monoisotopic (exact) mass is 385 g/mol. The molecule has 6 heteroatoms. The van der Waals surface area contributed by atoms with E-state index in [1.54, 1.807) is 24.3 Å². The molecule has 1 amide bonds. The Morgan fingerprint density at radius 1 is 1.22 bits per heavy atom. The highest BCUT2D eigenvalue weighted by molar-refractivity contribution is 7.21. The van der Waals surface area contributed by atoms with Crippen LogP contribution in [-0.2, 0) is 17.9 Å². The summed E-state index contributed by atoms with van der Waals surface area (Å²) in [6, 6.07) is 10.6. The first-order chi connectivity index (χ1) is 13.0. The van der Waals surface area contributed by atoms with Crippen LogP contribution in [-0.4, -0.2) is 24.5 Å². The highest BCUT2D eigenvalue weighted by atomic mass is 32.1. The van der Waals surface area contributed by atoms with Gasteiger partial charge in [0.15, 0.2) is 0 Å². The molecule has 138 valence electrons. The number of fused-ring (bicyclic) bond motifs is 1. The van der Waals surface area contributed by atoms with Crippen molar-refractivity contribution in [2.24, 2.45) is 0 Å². The number of carbonyl (C=O) groups is 1. The summed E-state index contributed by atoms with van der Waals surface area (Å²) in [6.07, 6.45) is 5.43. The highest BCUT2D eigenvalue weighted by Crippen LogP contribution is 2.34. The van der Waals surface area contributed by atoms with Crippen LogP contribution in [0.5, 0.6) is 0 Å². The lowest BCUT2D eigenvalue weighted by molar-refractivity contribution is 0.0766. The van der Waals surface area contributed by atoms with Crippen molar-refractivity contribution in [3.05, 3.63) is 70.1 Å². The summed E-state index contributed by atoms with van der Waals surface area (Å²) in [5, 5.41) is 0.398. The predicted molar refractivity (Wildman–Crippen MR) is 102 cm³/mol. The number of terminal acetylenes is 1. The van der Waals surface area contributed by atoms with Gasteiger partial charge >= 0.3 is 0 Å². The Morgan fingerprint density at radius 3 is 2.63 bits per heavy atom. The largest absolute Gasteiger partial charge is 0.380 e. The van der Waals surface area contributed by atoms with Crippen molar-refractivity contribution >= 4 is 27.3 Å². The van der Waals surface area contributed by atoms with Gasteiger partial charge in [-0.25, -0.2) is 8.78 Å². The number of carbonyl (C=O) groups excluding carboxylic acids is 1. The molecule has 0 saturated heterocycles. The number of methoxy groups -OCH3 is 1. The smallest absolute Gasteiger partial charge is 0.265 e. The van der Waals surface area contributed by atoms with Crippen LogP contribution < -0.4 is 0 Å². The molecule has 0 aliphatic heterocycles. The zero-order valence-corrected chi connectivity index (χ0v) is 15.5. The first-order valence-corrected chi connectivity index (χ1v) is 9.02. The molecule has 3 aromatic rings. The number of hydrogen-bond donors (Lipinski definition) is 0. The Labute approximate surface area is 160 Å². The molecule has 0 aliphatic rings. The molecule has 0 atom stereocenters. The van der Waals surface area contributed by atoms with Gasteiger partial charge in [0, 0.05) is 29.3 Å². The summed E-state index contributed by atoms with van der Waals surface area (Å²) in [7, 11) is 1.50. The van der Waals surface area contributed by atoms with E-state index in [9.17, 15) is 13.6 Å². The average Bonchev–Trinajstić information content (AvgIpc) is 3.03. The van der Waals surface area contributed by atoms with Crippen molar-refractivity contribution in [2.45, 2.75) is 13.2 Å². The van der Waals surface area contributed by atoms with Crippen LogP contribution >= 0.6 is 11.3 Å². The summed E-state index contributed by atoms with van der Waals surface area (Å²) < 4.78 is 33.3. The Bertz CT molecular complexity index is 1010. The number of rotatable bonds is 6. The molecule has 3 rings (SSSR count). The third-order valence-corrected chi connectivity index (χ3v) is 5.29. The van der Waals surface area contributed by atoms with Gasteiger partial charge in [0.25, 0.3) is 5.91 Å². The minimum atomic E-state index is -0.392. The molecular weight excluding hydrogens is 368 g/mol. The second-order valence-electron chi connectivity index (χ2n) is 5.95. The van der Waals surface area contributed by atoms with Crippen LogP contribution in [0.3, 0.4) is 0 Å². The van der Waals surface area contributed by atoms with Crippen LogP contribution in [0.1, 0.15) is 20.8 Å². The van der Waals surface area contributed by atoms with Gasteiger partial charge in [0.2, 0.25) is 0 Å². The molecule has 0 unspecified atom stereocenters. The van der Waals surface area contributed by atoms with Gasteiger partial charge in [0.1, 0.15) is 11.6 Å². The molecule has 3 nitrogen and oxygen atoms in total. The third kappa shape index (κ3) is 4.00. The molecule has 27 heavy (non-hydrogen) atoms. The zero-order valence-electron chi connectivity index (χ0n) is 14.7. The van der Waals surface area contributed by atoms with E-state index in [1.165, 1.54) is 41.5 Å². The number of nitrogens with zero attached hydrogens (tertiary/aromatic N) is 1. The second kappa shape index (κ2) is 8.30. The molecular formula is C21H17F2NO2S. The average molecular weight is 385 g/mol. The summed E-state index contributed by atoms with van der Waals surface area (Å²) in [5.41, 5.74) is 1.27. The SMILES string of the molecule is C#CCN(Cc1ccc(F)cc1)C(=O)c1sc2cccc(F)c2c1COC. The van der Waals surface area contributed by atoms with Gasteiger partial charge in [-0.2, -0.15) is 0 Å². The van der Waals surface area contributed by atoms with E-state index in [0.717, 1.165) is 5.56 Å². The molecule has 1 heterocycles. The van der Waals surface area contributed by atoms with E-state index in [0.29, 0.717) is 20.5 Å². The second-order valence-corrected chi connectivity index (χ2v) is 7.00. The minimum Gasteiger partial charge on any atom is -0.380 e. The van der Waals surface area contributed by atoms with Crippen molar-refractivity contribution in [1.82, 2.24) is 4.90 Å². The molecule has 0 spiro atoms. The van der Waals surface area contributed by atoms with Crippen LogP contribution in [0.2, 0.25) is 0 Å². The molecule has 0 aliphatic carbocycles. The van der Waals surface area contributed by atoms with E-state index in [4.69, 9.17) is 11.2 Å². The summed E-state index contributed by atoms with van der Waals surface area (Å²) in [6.45, 7) is 0.425. The first kappa shape index (κ1) is 19.0. The van der Waals surface area contributed by atoms with Gasteiger partial charge in [0.05, 0.1) is 18.0 Å². The fourth-order valence-corrected chi connectivity index (χ4v) is 4.08. The fourth-order valence-electron chi connectivity index (χ4n) is 2.89.